The van der Waals surface area contributed by atoms with E-state index in [2.05, 4.69) is 15.6 Å². The number of anilines is 1. The molecule has 0 unspecified atom stereocenters. The number of carbonyl (C=O) groups is 3. The van der Waals surface area contributed by atoms with Crippen LogP contribution in [0, 0.1) is 5.92 Å². The first-order valence-corrected chi connectivity index (χ1v) is 14.0. The highest BCUT2D eigenvalue weighted by Crippen LogP contribution is 2.39. The molecule has 1 heterocycles. The third-order valence-electron chi connectivity index (χ3n) is 7.11. The normalized spacial score (nSPS) is 17.0. The Labute approximate surface area is 249 Å². The summed E-state index contributed by atoms with van der Waals surface area (Å²) in [4.78, 5) is 40.2. The van der Waals surface area contributed by atoms with Crippen LogP contribution in [0.5, 0.6) is 0 Å². The third-order valence-corrected chi connectivity index (χ3v) is 7.93. The largest absolute Gasteiger partial charge is 0.469 e. The zero-order valence-corrected chi connectivity index (χ0v) is 24.0. The van der Waals surface area contributed by atoms with Crippen LogP contribution in [-0.4, -0.2) is 36.4 Å². The highest BCUT2D eigenvalue weighted by molar-refractivity contribution is 6.43. The fourth-order valence-electron chi connectivity index (χ4n) is 4.90. The number of aromatic nitrogens is 1. The van der Waals surface area contributed by atoms with Crippen LogP contribution in [0.2, 0.25) is 10.0 Å². The third kappa shape index (κ3) is 7.83. The molecule has 224 valence electrons. The lowest BCUT2D eigenvalue weighted by atomic mass is 9.77. The molecule has 0 atom stereocenters. The number of benzene rings is 2. The van der Waals surface area contributed by atoms with Gasteiger partial charge in [0.2, 0.25) is 17.6 Å². The van der Waals surface area contributed by atoms with Crippen molar-refractivity contribution in [2.24, 2.45) is 5.92 Å². The lowest BCUT2D eigenvalue weighted by molar-refractivity contribution is -0.153. The Morgan fingerprint density at radius 3 is 2.38 bits per heavy atom. The van der Waals surface area contributed by atoms with Crippen molar-refractivity contribution in [1.29, 1.82) is 0 Å². The molecule has 0 aliphatic heterocycles. The second-order valence-electron chi connectivity index (χ2n) is 9.97. The molecule has 0 saturated heterocycles. The molecule has 1 aliphatic carbocycles. The summed E-state index contributed by atoms with van der Waals surface area (Å²) in [5, 5.41) is 4.99. The molecule has 13 heteroatoms. The van der Waals surface area contributed by atoms with Crippen molar-refractivity contribution in [3.05, 3.63) is 69.5 Å². The number of alkyl halides is 3. The Bertz CT molecular complexity index is 1440. The number of methoxy groups -OCH3 is 1. The molecule has 0 spiro atoms. The number of nitrogens with one attached hydrogen (secondary N) is 2. The lowest BCUT2D eigenvalue weighted by Gasteiger charge is -2.28. The number of ether oxygens (including phenoxy) is 1. The second-order valence-corrected chi connectivity index (χ2v) is 10.8. The van der Waals surface area contributed by atoms with Crippen molar-refractivity contribution in [2.45, 2.75) is 50.6 Å². The summed E-state index contributed by atoms with van der Waals surface area (Å²) < 4.78 is 50.4. The van der Waals surface area contributed by atoms with Crippen molar-refractivity contribution in [2.75, 3.05) is 19.0 Å². The van der Waals surface area contributed by atoms with E-state index in [4.69, 9.17) is 32.4 Å². The summed E-state index contributed by atoms with van der Waals surface area (Å²) in [5.41, 5.74) is 0.700. The summed E-state index contributed by atoms with van der Waals surface area (Å²) in [6, 6.07) is 11.7. The van der Waals surface area contributed by atoms with Gasteiger partial charge >= 0.3 is 12.1 Å². The van der Waals surface area contributed by atoms with E-state index in [-0.39, 0.29) is 34.5 Å². The van der Waals surface area contributed by atoms with E-state index >= 15 is 0 Å². The highest BCUT2D eigenvalue weighted by Gasteiger charge is 2.42. The van der Waals surface area contributed by atoms with E-state index < -0.39 is 35.3 Å². The monoisotopic (exact) mass is 625 g/mol. The Hall–Kier alpha value is -3.57. The topological polar surface area (TPSA) is 111 Å². The smallest absolute Gasteiger partial charge is 0.452 e. The molecule has 1 fully saturated rings. The van der Waals surface area contributed by atoms with Gasteiger partial charge in [-0.2, -0.15) is 13.2 Å². The van der Waals surface area contributed by atoms with E-state index in [9.17, 15) is 27.6 Å². The van der Waals surface area contributed by atoms with Gasteiger partial charge in [0.05, 0.1) is 22.7 Å². The minimum Gasteiger partial charge on any atom is -0.469 e. The molecule has 4 rings (SSSR count). The first-order valence-electron chi connectivity index (χ1n) is 13.2. The van der Waals surface area contributed by atoms with Crippen molar-refractivity contribution in [1.82, 2.24) is 10.3 Å². The van der Waals surface area contributed by atoms with Crippen LogP contribution in [0.3, 0.4) is 0 Å². The number of hydrogen-bond donors (Lipinski definition) is 2. The Kier molecular flexibility index (Phi) is 10.2. The molecule has 1 aliphatic rings. The van der Waals surface area contributed by atoms with Gasteiger partial charge in [-0.25, -0.2) is 4.98 Å². The molecule has 8 nitrogen and oxygen atoms in total. The van der Waals surface area contributed by atoms with Crippen molar-refractivity contribution in [3.63, 3.8) is 0 Å². The fourth-order valence-corrected chi connectivity index (χ4v) is 5.29. The highest BCUT2D eigenvalue weighted by atomic mass is 35.5. The zero-order valence-electron chi connectivity index (χ0n) is 22.5. The van der Waals surface area contributed by atoms with Gasteiger partial charge in [-0.1, -0.05) is 41.4 Å². The van der Waals surface area contributed by atoms with Crippen LogP contribution in [0.1, 0.15) is 66.3 Å². The van der Waals surface area contributed by atoms with E-state index in [0.717, 1.165) is 31.2 Å². The lowest BCUT2D eigenvalue weighted by Crippen LogP contribution is -2.29. The number of halogens is 5. The quantitative estimate of drug-likeness (QED) is 0.242. The van der Waals surface area contributed by atoms with Gasteiger partial charge in [-0.05, 0) is 67.3 Å². The molecule has 0 radical (unpaired) electrons. The first kappa shape index (κ1) is 31.4. The van der Waals surface area contributed by atoms with Crippen molar-refractivity contribution >= 4 is 46.7 Å². The number of hydrogen-bond acceptors (Lipinski definition) is 6. The number of nitrogens with zero attached hydrogens (tertiary/aromatic N) is 1. The predicted octanol–water partition coefficient (Wildman–Crippen LogP) is 7.26. The maximum absolute atomic E-state index is 13.6. The molecule has 0 bridgehead atoms. The SMILES string of the molecule is COC(=O)CC1CCC(c2ccc(NC(=O)CCNC(=O)c3nc(-c4cccc(Cl)c4Cl)oc3C(F)(F)F)cc2)CC1. The second kappa shape index (κ2) is 13.6. The molecule has 1 saturated carbocycles. The molecule has 2 aromatic carbocycles. The number of esters is 1. The zero-order chi connectivity index (χ0) is 30.4. The minimum atomic E-state index is -5.01. The number of carbonyl (C=O) groups excluding carboxylic acids is 3. The van der Waals surface area contributed by atoms with E-state index in [0.29, 0.717) is 23.9 Å². The summed E-state index contributed by atoms with van der Waals surface area (Å²) in [5.74, 6) is -3.19. The Morgan fingerprint density at radius 1 is 1.05 bits per heavy atom. The molecular formula is C29H28Cl2F3N3O5. The summed E-state index contributed by atoms with van der Waals surface area (Å²) >= 11 is 12.0. The van der Waals surface area contributed by atoms with E-state index in [1.165, 1.54) is 25.3 Å². The number of oxazole rings is 1. The van der Waals surface area contributed by atoms with E-state index in [1.54, 1.807) is 12.1 Å². The summed E-state index contributed by atoms with van der Waals surface area (Å²) in [6.07, 6.45) is -0.949. The first-order chi connectivity index (χ1) is 20.0. The Morgan fingerprint density at radius 2 is 1.74 bits per heavy atom. The summed E-state index contributed by atoms with van der Waals surface area (Å²) in [6.45, 7) is -0.241. The average Bonchev–Trinajstić information content (AvgIpc) is 3.42. The molecule has 3 aromatic rings. The number of rotatable bonds is 9. The molecular weight excluding hydrogens is 598 g/mol. The molecule has 2 amide bonds. The van der Waals surface area contributed by atoms with Crippen LogP contribution in [-0.2, 0) is 20.5 Å². The average molecular weight is 626 g/mol. The van der Waals surface area contributed by atoms with Crippen LogP contribution < -0.4 is 10.6 Å². The van der Waals surface area contributed by atoms with Gasteiger partial charge in [0.15, 0.2) is 5.69 Å². The maximum Gasteiger partial charge on any atom is 0.452 e. The predicted molar refractivity (Wildman–Crippen MR) is 150 cm³/mol. The van der Waals surface area contributed by atoms with Gasteiger partial charge in [0.1, 0.15) is 0 Å². The van der Waals surface area contributed by atoms with Gasteiger partial charge in [-0.3, -0.25) is 14.4 Å². The van der Waals surface area contributed by atoms with Crippen molar-refractivity contribution < 1.29 is 36.7 Å². The Balaban J connectivity index is 1.29. The molecule has 2 N–H and O–H groups in total. The molecule has 42 heavy (non-hydrogen) atoms. The van der Waals surface area contributed by atoms with Gasteiger partial charge < -0.3 is 19.8 Å². The van der Waals surface area contributed by atoms with E-state index in [1.807, 2.05) is 12.1 Å². The number of amides is 2. The van der Waals surface area contributed by atoms with Crippen molar-refractivity contribution in [3.8, 4) is 11.5 Å². The van der Waals surface area contributed by atoms with Gasteiger partial charge in [-0.15, -0.1) is 0 Å². The van der Waals surface area contributed by atoms with Gasteiger partial charge in [0, 0.05) is 25.1 Å². The van der Waals surface area contributed by atoms with Crippen LogP contribution in [0.4, 0.5) is 18.9 Å². The maximum atomic E-state index is 13.6. The fraction of sp³-hybridized carbons (Fsp3) is 0.379. The van der Waals surface area contributed by atoms with Gasteiger partial charge in [0.25, 0.3) is 5.91 Å². The summed E-state index contributed by atoms with van der Waals surface area (Å²) in [7, 11) is 1.39. The molecule has 1 aromatic heterocycles. The standard InChI is InChI=1S/C29H28Cl2F3N3O5/c1-41-23(39)15-16-5-7-17(8-6-16)18-9-11-19(12-10-18)36-22(38)13-14-35-27(40)25-26(29(32,33)34)42-28(37-25)20-3-2-4-21(30)24(20)31/h2-4,9-12,16-17H,5-8,13-15H2,1H3,(H,35,40)(H,36,38). The van der Waals surface area contributed by atoms with Crippen LogP contribution in [0.25, 0.3) is 11.5 Å². The minimum absolute atomic E-state index is 0.00893. The van der Waals surface area contributed by atoms with Crippen LogP contribution in [0.15, 0.2) is 46.9 Å². The van der Waals surface area contributed by atoms with Crippen LogP contribution >= 0.6 is 23.2 Å².